The Morgan fingerprint density at radius 1 is 1.22 bits per heavy atom. The minimum absolute atomic E-state index is 0.210. The van der Waals surface area contributed by atoms with E-state index in [1.54, 1.807) is 6.92 Å². The van der Waals surface area contributed by atoms with Gasteiger partial charge in [-0.25, -0.2) is 0 Å². The van der Waals surface area contributed by atoms with Crippen molar-refractivity contribution in [1.82, 2.24) is 15.1 Å². The summed E-state index contributed by atoms with van der Waals surface area (Å²) in [6.07, 6.45) is 4.78. The number of aromatic amines is 1. The molecule has 1 aliphatic heterocycles. The second-order valence-electron chi connectivity index (χ2n) is 7.59. The number of H-pyrrole nitrogens is 1. The predicted molar refractivity (Wildman–Crippen MR) is 109 cm³/mol. The van der Waals surface area contributed by atoms with Crippen molar-refractivity contribution in [2.24, 2.45) is 0 Å². The Bertz CT molecular complexity index is 915. The summed E-state index contributed by atoms with van der Waals surface area (Å²) in [5.74, 6) is 0.210. The lowest BCUT2D eigenvalue weighted by atomic mass is 10.0. The van der Waals surface area contributed by atoms with Gasteiger partial charge in [-0.2, -0.15) is 5.10 Å². The Morgan fingerprint density at radius 2 is 2.04 bits per heavy atom. The molecule has 5 heteroatoms. The van der Waals surface area contributed by atoms with Crippen LogP contribution < -0.4 is 5.32 Å². The van der Waals surface area contributed by atoms with Gasteiger partial charge in [-0.3, -0.25) is 14.8 Å². The van der Waals surface area contributed by atoms with E-state index in [2.05, 4.69) is 62.9 Å². The largest absolute Gasteiger partial charge is 0.381 e. The summed E-state index contributed by atoms with van der Waals surface area (Å²) in [5.41, 5.74) is 4.63. The molecule has 0 spiro atoms. The fourth-order valence-electron chi connectivity index (χ4n) is 3.89. The number of likely N-dealkylation sites (tertiary alicyclic amines) is 1. The van der Waals surface area contributed by atoms with Gasteiger partial charge in [-0.1, -0.05) is 24.3 Å². The van der Waals surface area contributed by atoms with Crippen molar-refractivity contribution < 1.29 is 4.79 Å². The molecule has 3 aromatic rings. The maximum absolute atomic E-state index is 11.2. The van der Waals surface area contributed by atoms with Gasteiger partial charge in [0.1, 0.15) is 5.78 Å². The van der Waals surface area contributed by atoms with Gasteiger partial charge in [-0.05, 0) is 55.6 Å². The van der Waals surface area contributed by atoms with E-state index in [0.717, 1.165) is 41.8 Å². The smallest absolute Gasteiger partial charge is 0.134 e. The summed E-state index contributed by atoms with van der Waals surface area (Å²) in [7, 11) is 0. The number of nitrogens with zero attached hydrogens (tertiary/aromatic N) is 2. The zero-order valence-electron chi connectivity index (χ0n) is 15.7. The Hall–Kier alpha value is -2.66. The molecule has 2 heterocycles. The maximum atomic E-state index is 11.2. The van der Waals surface area contributed by atoms with Gasteiger partial charge in [0, 0.05) is 36.6 Å². The molecule has 0 aliphatic carbocycles. The van der Waals surface area contributed by atoms with Crippen molar-refractivity contribution in [3.05, 3.63) is 59.8 Å². The van der Waals surface area contributed by atoms with Gasteiger partial charge in [-0.15, -0.1) is 0 Å². The van der Waals surface area contributed by atoms with Crippen LogP contribution in [0.15, 0.2) is 48.7 Å². The molecule has 1 saturated heterocycles. The molecule has 2 N–H and O–H groups in total. The number of rotatable bonds is 6. The lowest BCUT2D eigenvalue weighted by Crippen LogP contribution is -2.41. The third-order valence-corrected chi connectivity index (χ3v) is 5.20. The number of carbonyl (C=O) groups is 1. The highest BCUT2D eigenvalue weighted by Crippen LogP contribution is 2.21. The Morgan fingerprint density at radius 3 is 2.85 bits per heavy atom. The van der Waals surface area contributed by atoms with E-state index in [-0.39, 0.29) is 5.78 Å². The molecule has 140 valence electrons. The number of hydrogen-bond donors (Lipinski definition) is 2. The van der Waals surface area contributed by atoms with Crippen LogP contribution in [0.3, 0.4) is 0 Å². The molecular formula is C22H26N4O. The summed E-state index contributed by atoms with van der Waals surface area (Å²) in [4.78, 5) is 13.7. The molecule has 0 saturated carbocycles. The quantitative estimate of drug-likeness (QED) is 0.701. The molecule has 1 aromatic heterocycles. The van der Waals surface area contributed by atoms with Crippen LogP contribution in [0, 0.1) is 0 Å². The Kier molecular flexibility index (Phi) is 5.21. The summed E-state index contributed by atoms with van der Waals surface area (Å²) in [6, 6.07) is 15.3. The van der Waals surface area contributed by atoms with Gasteiger partial charge in [0.05, 0.1) is 11.7 Å². The van der Waals surface area contributed by atoms with Crippen LogP contribution >= 0.6 is 0 Å². The van der Waals surface area contributed by atoms with E-state index >= 15 is 0 Å². The standard InChI is InChI=1S/C22H26N4O/c1-16(27)11-17-4-6-18(7-5-17)14-26-10-2-3-21(15-26)24-20-8-9-22-19(12-20)13-23-25-22/h4-9,12-13,21,24H,2-3,10-11,14-15H2,1H3,(H,23,25). The number of hydrogen-bond acceptors (Lipinski definition) is 4. The third-order valence-electron chi connectivity index (χ3n) is 5.20. The minimum atomic E-state index is 0.210. The van der Waals surface area contributed by atoms with Crippen molar-refractivity contribution in [2.75, 3.05) is 18.4 Å². The lowest BCUT2D eigenvalue weighted by Gasteiger charge is -2.33. The number of nitrogens with one attached hydrogen (secondary N) is 2. The van der Waals surface area contributed by atoms with E-state index < -0.39 is 0 Å². The zero-order chi connectivity index (χ0) is 18.6. The van der Waals surface area contributed by atoms with Crippen LogP contribution in [0.1, 0.15) is 30.9 Å². The molecule has 27 heavy (non-hydrogen) atoms. The SMILES string of the molecule is CC(=O)Cc1ccc(CN2CCCC(Nc3ccc4[nH]ncc4c3)C2)cc1. The fraction of sp³-hybridized carbons (Fsp3) is 0.364. The Labute approximate surface area is 159 Å². The first-order chi connectivity index (χ1) is 13.2. The highest BCUT2D eigenvalue weighted by molar-refractivity contribution is 5.81. The van der Waals surface area contributed by atoms with Crippen LogP contribution in [0.5, 0.6) is 0 Å². The number of ketones is 1. The topological polar surface area (TPSA) is 61.0 Å². The summed E-state index contributed by atoms with van der Waals surface area (Å²) in [6.45, 7) is 4.77. The van der Waals surface area contributed by atoms with Crippen molar-refractivity contribution in [3.63, 3.8) is 0 Å². The van der Waals surface area contributed by atoms with Crippen molar-refractivity contribution >= 4 is 22.4 Å². The number of benzene rings is 2. The molecule has 2 aromatic carbocycles. The van der Waals surface area contributed by atoms with Crippen LogP contribution in [-0.2, 0) is 17.8 Å². The number of carbonyl (C=O) groups excluding carboxylic acids is 1. The first kappa shape index (κ1) is 17.7. The van der Waals surface area contributed by atoms with Crippen LogP contribution in [0.4, 0.5) is 5.69 Å². The molecule has 5 nitrogen and oxygen atoms in total. The normalized spacial score (nSPS) is 17.9. The van der Waals surface area contributed by atoms with Crippen LogP contribution in [0.2, 0.25) is 0 Å². The fourth-order valence-corrected chi connectivity index (χ4v) is 3.89. The number of piperidine rings is 1. The summed E-state index contributed by atoms with van der Waals surface area (Å²) < 4.78 is 0. The third kappa shape index (κ3) is 4.55. The molecule has 0 bridgehead atoms. The molecule has 4 rings (SSSR count). The van der Waals surface area contributed by atoms with E-state index in [4.69, 9.17) is 0 Å². The molecule has 1 aliphatic rings. The molecule has 1 fully saturated rings. The second-order valence-corrected chi connectivity index (χ2v) is 7.59. The molecule has 1 atom stereocenters. The number of anilines is 1. The van der Waals surface area contributed by atoms with E-state index in [9.17, 15) is 4.79 Å². The van der Waals surface area contributed by atoms with Gasteiger partial charge in [0.15, 0.2) is 0 Å². The summed E-state index contributed by atoms with van der Waals surface area (Å²) in [5, 5.41) is 11.9. The monoisotopic (exact) mass is 362 g/mol. The second kappa shape index (κ2) is 7.92. The number of Topliss-reactive ketones (excluding diaryl/α,β-unsaturated/α-hetero) is 1. The van der Waals surface area contributed by atoms with Gasteiger partial charge in [0.2, 0.25) is 0 Å². The molecular weight excluding hydrogens is 336 g/mol. The average Bonchev–Trinajstić information content (AvgIpc) is 3.11. The zero-order valence-corrected chi connectivity index (χ0v) is 15.7. The first-order valence-electron chi connectivity index (χ1n) is 9.65. The van der Waals surface area contributed by atoms with Crippen molar-refractivity contribution in [2.45, 2.75) is 38.8 Å². The average molecular weight is 362 g/mol. The van der Waals surface area contributed by atoms with Gasteiger partial charge < -0.3 is 5.32 Å². The van der Waals surface area contributed by atoms with Crippen molar-refractivity contribution in [3.8, 4) is 0 Å². The summed E-state index contributed by atoms with van der Waals surface area (Å²) >= 11 is 0. The van der Waals surface area contributed by atoms with E-state index in [1.165, 1.54) is 18.4 Å². The predicted octanol–water partition coefficient (Wildman–Crippen LogP) is 3.77. The highest BCUT2D eigenvalue weighted by Gasteiger charge is 2.20. The Balaban J connectivity index is 1.35. The van der Waals surface area contributed by atoms with Crippen LogP contribution in [-0.4, -0.2) is 40.0 Å². The van der Waals surface area contributed by atoms with E-state index in [1.807, 2.05) is 6.20 Å². The highest BCUT2D eigenvalue weighted by atomic mass is 16.1. The minimum Gasteiger partial charge on any atom is -0.381 e. The van der Waals surface area contributed by atoms with Crippen LogP contribution in [0.25, 0.3) is 10.9 Å². The van der Waals surface area contributed by atoms with E-state index in [0.29, 0.717) is 12.5 Å². The van der Waals surface area contributed by atoms with Gasteiger partial charge >= 0.3 is 0 Å². The first-order valence-corrected chi connectivity index (χ1v) is 9.65. The number of fused-ring (bicyclic) bond motifs is 1. The number of aromatic nitrogens is 2. The van der Waals surface area contributed by atoms with Gasteiger partial charge in [0.25, 0.3) is 0 Å². The molecule has 0 radical (unpaired) electrons. The maximum Gasteiger partial charge on any atom is 0.134 e. The lowest BCUT2D eigenvalue weighted by molar-refractivity contribution is -0.116. The molecule has 0 amide bonds. The van der Waals surface area contributed by atoms with Crippen molar-refractivity contribution in [1.29, 1.82) is 0 Å². The molecule has 1 unspecified atom stereocenters.